The molecule has 0 saturated carbocycles. The molecular formula is C110H139N31O5+6. The van der Waals surface area contributed by atoms with Gasteiger partial charge in [-0.2, -0.15) is 0 Å². The van der Waals surface area contributed by atoms with Crippen LogP contribution in [0.15, 0.2) is 332 Å². The van der Waals surface area contributed by atoms with Crippen LogP contribution in [0.1, 0.15) is 99.4 Å². The van der Waals surface area contributed by atoms with Crippen LogP contribution in [0.25, 0.3) is 49.7 Å². The number of rotatable bonds is 36. The SMILES string of the molecule is CC(CN)ON=C(N)c1ccc(Cn2ccc3c[n+](C)ccc32)cc1.C[n+]1ccc2c(ccn2Cc2ccc(C(N)=NOCCCN)cc2)c1.C[n+]1ccc2c(ccn2Cc2ccc(C(N)=NOCCN)cc2)c1.Cn1ccc2n1cc[n+]2Cc1ccc(C(=N)CC2CCNC2)cc1.Cn1ccc2n1cc[n+]2Cc1ccc(C(=N)COC2CCNC2)cc1.Cn1ccc2n1cc[n+]2Cc1ccc(C(N)=NOCCN)cc1. The molecule has 12 aromatic heterocycles. The fraction of sp³-hybridized carbons (Fsp3) is 0.291. The number of nitrogens with two attached hydrogens (primary N) is 8. The predicted molar refractivity (Wildman–Crippen MR) is 571 cm³/mol. The molecule has 20 N–H and O–H groups in total. The Morgan fingerprint density at radius 3 is 1.07 bits per heavy atom. The van der Waals surface area contributed by atoms with Crippen molar-refractivity contribution in [3.05, 3.63) is 378 Å². The molecule has 0 spiro atoms. The number of benzene rings is 6. The molecule has 2 aliphatic rings. The normalized spacial score (nSPS) is 14.0. The van der Waals surface area contributed by atoms with Gasteiger partial charge in [-0.15, -0.1) is 13.5 Å². The van der Waals surface area contributed by atoms with Gasteiger partial charge in [0, 0.05) is 169 Å². The lowest BCUT2D eigenvalue weighted by molar-refractivity contribution is -0.670. The molecule has 18 aromatic rings. The average Bonchev–Trinajstić information content (AvgIpc) is 1.65. The second-order valence-electron chi connectivity index (χ2n) is 36.6. The summed E-state index contributed by atoms with van der Waals surface area (Å²) in [5.74, 6) is 2.06. The van der Waals surface area contributed by atoms with E-state index in [0.29, 0.717) is 87.6 Å². The zero-order valence-electron chi connectivity index (χ0n) is 84.4. The Hall–Kier alpha value is -16.2. The molecule has 0 bridgehead atoms. The quantitative estimate of drug-likeness (QED) is 0.00589. The average molecular weight is 1980 g/mol. The number of pyridine rings is 3. The number of aryl methyl sites for hydroxylation is 6. The fourth-order valence-electron chi connectivity index (χ4n) is 17.2. The minimum atomic E-state index is -0.151. The van der Waals surface area contributed by atoms with E-state index in [-0.39, 0.29) is 12.2 Å². The monoisotopic (exact) mass is 1970 g/mol. The number of amidine groups is 4. The van der Waals surface area contributed by atoms with Gasteiger partial charge in [-0.25, -0.2) is 41.4 Å². The maximum atomic E-state index is 8.33. The molecule has 0 radical (unpaired) electrons. The number of hydrogen-bond donors (Lipinski definition) is 12. The smallest absolute Gasteiger partial charge is 0.307 e. The van der Waals surface area contributed by atoms with Crippen molar-refractivity contribution in [2.75, 3.05) is 78.8 Å². The highest BCUT2D eigenvalue weighted by atomic mass is 16.6. The van der Waals surface area contributed by atoms with Gasteiger partial charge in [-0.05, 0) is 127 Å². The van der Waals surface area contributed by atoms with Gasteiger partial charge in [0.05, 0.1) is 51.1 Å². The Balaban J connectivity index is 0.000000132. The largest absolute Gasteiger partial charge is 0.394 e. The lowest BCUT2D eigenvalue weighted by Crippen LogP contribution is -2.32. The van der Waals surface area contributed by atoms with E-state index in [1.165, 1.54) is 78.2 Å². The summed E-state index contributed by atoms with van der Waals surface area (Å²) in [5.41, 5.74) is 66.3. The maximum absolute atomic E-state index is 8.33. The van der Waals surface area contributed by atoms with Crippen molar-refractivity contribution in [1.82, 2.24) is 51.9 Å². The second-order valence-corrected chi connectivity index (χ2v) is 36.6. The molecule has 36 nitrogen and oxygen atoms in total. The molecule has 758 valence electrons. The lowest BCUT2D eigenvalue weighted by atomic mass is 9.96. The maximum Gasteiger partial charge on any atom is 0.307 e. The lowest BCUT2D eigenvalue weighted by Gasteiger charge is -2.11. The van der Waals surface area contributed by atoms with Crippen LogP contribution in [-0.2, 0) is 106 Å². The first kappa shape index (κ1) is 104. The number of nitrogens with one attached hydrogen (secondary N) is 4. The van der Waals surface area contributed by atoms with E-state index in [0.717, 1.165) is 135 Å². The van der Waals surface area contributed by atoms with E-state index in [2.05, 4.69) is 322 Å². The van der Waals surface area contributed by atoms with Crippen LogP contribution in [0.4, 0.5) is 0 Å². The Morgan fingerprint density at radius 1 is 0.384 bits per heavy atom. The summed E-state index contributed by atoms with van der Waals surface area (Å²) in [6, 6.07) is 67.9. The van der Waals surface area contributed by atoms with E-state index in [1.807, 2.05) is 139 Å². The van der Waals surface area contributed by atoms with Crippen molar-refractivity contribution in [1.29, 1.82) is 10.8 Å². The molecule has 3 atom stereocenters. The Morgan fingerprint density at radius 2 is 0.726 bits per heavy atom. The number of oxime groups is 4. The van der Waals surface area contributed by atoms with E-state index in [9.17, 15) is 0 Å². The molecule has 6 aromatic carbocycles. The molecular weight excluding hydrogens is 1840 g/mol. The standard InChI is InChI=1S/3C19H24N5O.C19H24N5.C18H22N5O.C16H21N6O/c1-22-9-7-19-23(10-11-24(19)22)13-15-2-4-16(5-3-15)18(20)14-25-17-6-8-21-12-17;1-14(11-20)25-22-19(21)16-5-3-15(4-6-16)12-24-10-7-17-13-23(2)9-8-18(17)24;1-23-10-8-18-17(14-23)7-11-24(18)13-15-3-5-16(6-4-15)19(21)22-25-12-2-9-20;1-22-9-7-19-23(10-11-24(19)22)14-15-2-4-17(5-3-15)18(20)12-16-6-8-21-13-16;1-22-9-7-17-16(13-22)6-10-23(17)12-14-2-4-15(5-3-14)18(20)21-24-11-8-19;1-20-8-6-15-21(9-10-22(15)20)12-13-2-4-14(5-3-13)16(18)19-23-11-7-17/h2-5,7,9-11,17,20-21H,6,8,12-14H2,1H3;3-10,13-14H,11-12,20H2,1-2H3,(H2,21,22);3-8,10-11,14H,2,9,12-13,20H2,1H3,(H2,21,22);2-5,7,9-11,16,20-21H,6,8,12-14H2,1H3;2-7,9-10,13H,8,11-12,19H2,1H3,(H2,20,21);2-6,8-10H,7,11-12,17H2,1H3,(H2,18,19)/q6*+1. The number of fused-ring (bicyclic) bond motifs is 6. The molecule has 146 heavy (non-hydrogen) atoms. The third kappa shape index (κ3) is 28.2. The summed E-state index contributed by atoms with van der Waals surface area (Å²) in [7, 11) is 12.2. The van der Waals surface area contributed by atoms with Crippen LogP contribution < -0.4 is 83.9 Å². The molecule has 14 heterocycles. The first-order chi connectivity index (χ1) is 71.0. The van der Waals surface area contributed by atoms with E-state index in [4.69, 9.17) is 80.8 Å². The topological polar surface area (TPSA) is 442 Å². The van der Waals surface area contributed by atoms with Crippen molar-refractivity contribution < 1.29 is 51.5 Å². The predicted octanol–water partition coefficient (Wildman–Crippen LogP) is 7.66. The molecule has 2 saturated heterocycles. The van der Waals surface area contributed by atoms with Crippen LogP contribution in [0, 0.1) is 16.7 Å². The summed E-state index contributed by atoms with van der Waals surface area (Å²) in [6.07, 6.45) is 41.4. The number of ether oxygens (including phenoxy) is 1. The number of imidazole rings is 3. The molecule has 0 aliphatic carbocycles. The van der Waals surface area contributed by atoms with Gasteiger partial charge in [0.2, 0.25) is 0 Å². The highest BCUT2D eigenvalue weighted by Crippen LogP contribution is 2.23. The van der Waals surface area contributed by atoms with Crippen LogP contribution in [-0.4, -0.2) is 167 Å². The molecule has 2 aliphatic heterocycles. The van der Waals surface area contributed by atoms with Crippen LogP contribution >= 0.6 is 0 Å². The van der Waals surface area contributed by atoms with Crippen LogP contribution in [0.2, 0.25) is 0 Å². The first-order valence-electron chi connectivity index (χ1n) is 49.3. The Bertz CT molecular complexity index is 7410. The third-order valence-corrected chi connectivity index (χ3v) is 25.5. The first-order valence-corrected chi connectivity index (χ1v) is 49.3. The molecule has 2 fully saturated rings. The molecule has 3 unspecified atom stereocenters. The highest BCUT2D eigenvalue weighted by molar-refractivity contribution is 6.01. The minimum Gasteiger partial charge on any atom is -0.394 e. The van der Waals surface area contributed by atoms with Gasteiger partial charge >= 0.3 is 16.9 Å². The summed E-state index contributed by atoms with van der Waals surface area (Å²) in [6.45, 7) is 14.2. The summed E-state index contributed by atoms with van der Waals surface area (Å²) < 4.78 is 37.8. The van der Waals surface area contributed by atoms with Gasteiger partial charge in [-0.3, -0.25) is 0 Å². The zero-order chi connectivity index (χ0) is 102. The molecule has 20 rings (SSSR count). The summed E-state index contributed by atoms with van der Waals surface area (Å²) >= 11 is 0. The van der Waals surface area contributed by atoms with E-state index < -0.39 is 0 Å². The van der Waals surface area contributed by atoms with E-state index in [1.54, 1.807) is 0 Å². The number of nitrogens with zero attached hydrogens (tertiary/aromatic N) is 19. The van der Waals surface area contributed by atoms with Crippen LogP contribution in [0.3, 0.4) is 0 Å². The van der Waals surface area contributed by atoms with E-state index >= 15 is 0 Å². The molecule has 36 heteroatoms. The summed E-state index contributed by atoms with van der Waals surface area (Å²) in [4.78, 5) is 20.4. The van der Waals surface area contributed by atoms with Crippen LogP contribution in [0.5, 0.6) is 0 Å². The highest BCUT2D eigenvalue weighted by Gasteiger charge is 2.22. The third-order valence-electron chi connectivity index (χ3n) is 25.5. The van der Waals surface area contributed by atoms with Gasteiger partial charge < -0.3 is 105 Å². The van der Waals surface area contributed by atoms with Crippen molar-refractivity contribution in [2.45, 2.75) is 84.1 Å². The van der Waals surface area contributed by atoms with Crippen molar-refractivity contribution in [3.63, 3.8) is 0 Å². The van der Waals surface area contributed by atoms with Gasteiger partial charge in [0.15, 0.2) is 79.1 Å². The Labute approximate surface area is 849 Å². The van der Waals surface area contributed by atoms with Crippen molar-refractivity contribution in [3.8, 4) is 0 Å². The van der Waals surface area contributed by atoms with Gasteiger partial charge in [0.1, 0.15) is 85.3 Å². The van der Waals surface area contributed by atoms with Crippen molar-refractivity contribution in [2.24, 2.45) is 115 Å². The summed E-state index contributed by atoms with van der Waals surface area (Å²) in [5, 5.41) is 42.4. The molecule has 0 amide bonds. The van der Waals surface area contributed by atoms with Gasteiger partial charge in [-0.1, -0.05) is 166 Å². The zero-order valence-corrected chi connectivity index (χ0v) is 84.4. The van der Waals surface area contributed by atoms with Crippen molar-refractivity contribution >= 4 is 84.4 Å². The van der Waals surface area contributed by atoms with Gasteiger partial charge in [0.25, 0.3) is 0 Å². The fourth-order valence-corrected chi connectivity index (χ4v) is 17.2. The second kappa shape index (κ2) is 51.1. The minimum absolute atomic E-state index is 0.151. The number of aromatic nitrogens is 15. The number of hydrogen-bond acceptors (Lipinski definition) is 17. The Kier molecular flexibility index (Phi) is 36.5.